The largest absolute Gasteiger partial charge is 0.426 e. The predicted molar refractivity (Wildman–Crippen MR) is 143 cm³/mol. The molecule has 0 fully saturated rings. The number of hydrogen-bond acceptors (Lipinski definition) is 8. The van der Waals surface area contributed by atoms with E-state index in [0.29, 0.717) is 48.7 Å². The van der Waals surface area contributed by atoms with Crippen molar-refractivity contribution in [2.24, 2.45) is 0 Å². The molecular weight excluding hydrogens is 512 g/mol. The Morgan fingerprint density at radius 2 is 0.525 bits per heavy atom. The van der Waals surface area contributed by atoms with Gasteiger partial charge in [-0.05, 0) is 24.3 Å². The van der Waals surface area contributed by atoms with Gasteiger partial charge < -0.3 is 18.9 Å². The van der Waals surface area contributed by atoms with E-state index in [0.717, 1.165) is 22.3 Å². The lowest BCUT2D eigenvalue weighted by Crippen LogP contribution is -1.99. The van der Waals surface area contributed by atoms with E-state index in [9.17, 15) is 19.2 Å². The van der Waals surface area contributed by atoms with Crippen molar-refractivity contribution in [3.8, 4) is 23.0 Å². The molecule has 8 heteroatoms. The molecule has 0 aromatic heterocycles. The number of para-hydroxylation sites is 4. The van der Waals surface area contributed by atoms with Crippen molar-refractivity contribution in [3.05, 3.63) is 119 Å². The van der Waals surface area contributed by atoms with Gasteiger partial charge in [0.2, 0.25) is 0 Å². The molecular formula is C32H24O8. The summed E-state index contributed by atoms with van der Waals surface area (Å²) in [6.45, 7) is 0. The number of carbonyl (C=O) groups excluding carboxylic acids is 4. The van der Waals surface area contributed by atoms with Crippen LogP contribution in [0, 0.1) is 0 Å². The van der Waals surface area contributed by atoms with Crippen molar-refractivity contribution in [1.29, 1.82) is 0 Å². The molecule has 0 atom stereocenters. The van der Waals surface area contributed by atoms with E-state index in [2.05, 4.69) is 0 Å². The van der Waals surface area contributed by atoms with Gasteiger partial charge in [0.25, 0.3) is 0 Å². The third kappa shape index (κ3) is 6.60. The highest BCUT2D eigenvalue weighted by Crippen LogP contribution is 2.26. The van der Waals surface area contributed by atoms with Gasteiger partial charge in [0.05, 0.1) is 25.7 Å². The van der Waals surface area contributed by atoms with Crippen LogP contribution in [-0.2, 0) is 44.9 Å². The van der Waals surface area contributed by atoms with Gasteiger partial charge in [-0.25, -0.2) is 0 Å². The average Bonchev–Trinajstić information content (AvgIpc) is 3.71. The Kier molecular flexibility index (Phi) is 7.97. The van der Waals surface area contributed by atoms with Gasteiger partial charge in [-0.1, -0.05) is 72.8 Å². The molecule has 0 radical (unpaired) electrons. The number of hydrogen-bond donors (Lipinski definition) is 0. The second kappa shape index (κ2) is 12.1. The summed E-state index contributed by atoms with van der Waals surface area (Å²) in [5, 5.41) is 0. The van der Waals surface area contributed by atoms with Crippen LogP contribution in [0.15, 0.2) is 97.1 Å². The maximum atomic E-state index is 10.7. The lowest BCUT2D eigenvalue weighted by Gasteiger charge is -1.91. The first-order valence-corrected chi connectivity index (χ1v) is 12.6. The number of rotatable bonds is 0. The summed E-state index contributed by atoms with van der Waals surface area (Å²) < 4.78 is 19.5. The molecule has 4 aromatic carbocycles. The van der Waals surface area contributed by atoms with Crippen molar-refractivity contribution >= 4 is 23.9 Å². The maximum absolute atomic E-state index is 10.7. The molecule has 8 nitrogen and oxygen atoms in total. The smallest absolute Gasteiger partial charge is 0.315 e. The Balaban J connectivity index is 0.000000108. The minimum atomic E-state index is -0.152. The SMILES string of the molecule is O=C1Cc2ccccc2O1.O=C1Cc2ccccc2O1.O=C1Cc2ccccc2O1.O=C1Cc2ccccc2O1. The number of fused-ring (bicyclic) bond motifs is 4. The first-order valence-electron chi connectivity index (χ1n) is 12.6. The summed E-state index contributed by atoms with van der Waals surface area (Å²) in [7, 11) is 0. The Morgan fingerprint density at radius 3 is 0.725 bits per heavy atom. The van der Waals surface area contributed by atoms with Crippen LogP contribution in [0.4, 0.5) is 0 Å². The molecule has 4 aromatic rings. The second-order valence-electron chi connectivity index (χ2n) is 9.03. The van der Waals surface area contributed by atoms with Crippen LogP contribution in [0.1, 0.15) is 22.3 Å². The summed E-state index contributed by atoms with van der Waals surface area (Å²) in [5.41, 5.74) is 3.97. The van der Waals surface area contributed by atoms with Crippen molar-refractivity contribution < 1.29 is 38.1 Å². The fourth-order valence-electron chi connectivity index (χ4n) is 4.25. The van der Waals surface area contributed by atoms with Crippen LogP contribution < -0.4 is 18.9 Å². The molecule has 0 spiro atoms. The van der Waals surface area contributed by atoms with E-state index in [4.69, 9.17) is 18.9 Å². The molecule has 4 aliphatic rings. The van der Waals surface area contributed by atoms with Crippen LogP contribution in [0.5, 0.6) is 23.0 Å². The van der Waals surface area contributed by atoms with Crippen LogP contribution in [-0.4, -0.2) is 23.9 Å². The van der Waals surface area contributed by atoms with Crippen LogP contribution in [0.25, 0.3) is 0 Å². The molecule has 4 heterocycles. The zero-order valence-electron chi connectivity index (χ0n) is 21.3. The molecule has 0 saturated heterocycles. The Bertz CT molecular complexity index is 1240. The molecule has 0 amide bonds. The monoisotopic (exact) mass is 536 g/mol. The summed E-state index contributed by atoms with van der Waals surface area (Å²) in [4.78, 5) is 42.7. The van der Waals surface area contributed by atoms with Gasteiger partial charge in [0.1, 0.15) is 23.0 Å². The van der Waals surface area contributed by atoms with E-state index in [-0.39, 0.29) is 23.9 Å². The van der Waals surface area contributed by atoms with E-state index >= 15 is 0 Å². The summed E-state index contributed by atoms with van der Waals surface area (Å²) in [5.74, 6) is 2.25. The number of carbonyl (C=O) groups is 4. The van der Waals surface area contributed by atoms with Crippen molar-refractivity contribution in [2.45, 2.75) is 25.7 Å². The van der Waals surface area contributed by atoms with Crippen LogP contribution in [0.2, 0.25) is 0 Å². The van der Waals surface area contributed by atoms with E-state index in [1.54, 1.807) is 24.3 Å². The number of ether oxygens (including phenoxy) is 4. The van der Waals surface area contributed by atoms with Crippen molar-refractivity contribution in [3.63, 3.8) is 0 Å². The summed E-state index contributed by atoms with van der Waals surface area (Å²) in [6.07, 6.45) is 1.71. The summed E-state index contributed by atoms with van der Waals surface area (Å²) >= 11 is 0. The summed E-state index contributed by atoms with van der Waals surface area (Å²) in [6, 6.07) is 29.9. The quantitative estimate of drug-likeness (QED) is 0.237. The minimum Gasteiger partial charge on any atom is -0.426 e. The fourth-order valence-corrected chi connectivity index (χ4v) is 4.25. The maximum Gasteiger partial charge on any atom is 0.315 e. The Morgan fingerprint density at radius 1 is 0.325 bits per heavy atom. The molecule has 40 heavy (non-hydrogen) atoms. The third-order valence-electron chi connectivity index (χ3n) is 6.12. The van der Waals surface area contributed by atoms with Crippen LogP contribution in [0.3, 0.4) is 0 Å². The van der Waals surface area contributed by atoms with E-state index in [1.165, 1.54) is 0 Å². The van der Waals surface area contributed by atoms with Gasteiger partial charge in [0, 0.05) is 22.3 Å². The molecule has 0 aliphatic carbocycles. The topological polar surface area (TPSA) is 105 Å². The predicted octanol–water partition coefficient (Wildman–Crippen LogP) is 4.59. The first kappa shape index (κ1) is 26.4. The second-order valence-corrected chi connectivity index (χ2v) is 9.03. The molecule has 8 rings (SSSR count). The molecule has 200 valence electrons. The van der Waals surface area contributed by atoms with Gasteiger partial charge in [-0.15, -0.1) is 0 Å². The van der Waals surface area contributed by atoms with Gasteiger partial charge in [0.15, 0.2) is 0 Å². The van der Waals surface area contributed by atoms with Gasteiger partial charge in [-0.3, -0.25) is 19.2 Å². The number of esters is 4. The Labute approximate surface area is 230 Å². The number of benzene rings is 4. The van der Waals surface area contributed by atoms with E-state index in [1.807, 2.05) is 72.8 Å². The minimum absolute atomic E-state index is 0.152. The lowest BCUT2D eigenvalue weighted by molar-refractivity contribution is -0.132. The standard InChI is InChI=1S/4C8H6O2/c4*9-8-5-6-3-1-2-4-7(6)10-8/h4*1-4H,5H2. The normalized spacial score (nSPS) is 14.6. The van der Waals surface area contributed by atoms with Gasteiger partial charge in [-0.2, -0.15) is 0 Å². The molecule has 0 bridgehead atoms. The highest BCUT2D eigenvalue weighted by Gasteiger charge is 2.20. The van der Waals surface area contributed by atoms with Crippen molar-refractivity contribution in [1.82, 2.24) is 0 Å². The van der Waals surface area contributed by atoms with Crippen molar-refractivity contribution in [2.75, 3.05) is 0 Å². The average molecular weight is 537 g/mol. The highest BCUT2D eigenvalue weighted by molar-refractivity contribution is 5.82. The van der Waals surface area contributed by atoms with E-state index < -0.39 is 0 Å². The van der Waals surface area contributed by atoms with Gasteiger partial charge >= 0.3 is 23.9 Å². The fraction of sp³-hybridized carbons (Fsp3) is 0.125. The zero-order valence-corrected chi connectivity index (χ0v) is 21.3. The first-order chi connectivity index (χ1) is 19.4. The molecule has 4 aliphatic heterocycles. The third-order valence-corrected chi connectivity index (χ3v) is 6.12. The lowest BCUT2D eigenvalue weighted by atomic mass is 10.2. The van der Waals surface area contributed by atoms with Crippen LogP contribution >= 0.6 is 0 Å². The zero-order chi connectivity index (χ0) is 27.9. The highest BCUT2D eigenvalue weighted by atomic mass is 16.6. The molecule has 0 unspecified atom stereocenters. The molecule has 0 N–H and O–H groups in total. The Hall–Kier alpha value is -5.24. The molecule has 0 saturated carbocycles.